The number of nitriles is 2. The van der Waals surface area contributed by atoms with E-state index in [9.17, 15) is 10.5 Å². The number of H-pyrrole nitrogens is 1. The quantitative estimate of drug-likeness (QED) is 0.707. The van der Waals surface area contributed by atoms with E-state index in [1.807, 2.05) is 44.2 Å². The van der Waals surface area contributed by atoms with E-state index in [0.29, 0.717) is 22.6 Å². The third-order valence-electron chi connectivity index (χ3n) is 4.23. The van der Waals surface area contributed by atoms with Crippen molar-refractivity contribution in [2.24, 2.45) is 0 Å². The standard InChI is InChI=1S/C19H13IN4/c1-10-14(7-12-3-5-13(20)6-4-12)17-11(2)16(9-22)19(23)24-18(17)15(10)8-21/h3-7H,1-2H3,(H2,23,24)/p+1. The van der Waals surface area contributed by atoms with E-state index >= 15 is 0 Å². The Hall–Kier alpha value is -2.64. The first-order valence-corrected chi connectivity index (χ1v) is 8.40. The lowest BCUT2D eigenvalue weighted by molar-refractivity contribution is -0.364. The van der Waals surface area contributed by atoms with Gasteiger partial charge in [-0.05, 0) is 76.9 Å². The maximum Gasteiger partial charge on any atom is 0.289 e. The number of aromatic amines is 1. The van der Waals surface area contributed by atoms with Crippen molar-refractivity contribution >= 4 is 45.6 Å². The summed E-state index contributed by atoms with van der Waals surface area (Å²) >= 11 is 2.26. The average Bonchev–Trinajstić information content (AvgIpc) is 2.81. The Labute approximate surface area is 154 Å². The summed E-state index contributed by atoms with van der Waals surface area (Å²) in [5.74, 6) is 0.296. The summed E-state index contributed by atoms with van der Waals surface area (Å²) in [5, 5.41) is 18.9. The number of nitrogens with zero attached hydrogens (tertiary/aromatic N) is 2. The fraction of sp³-hybridized carbons (Fsp3) is 0.105. The van der Waals surface area contributed by atoms with Crippen LogP contribution in [0.25, 0.3) is 17.2 Å². The van der Waals surface area contributed by atoms with Gasteiger partial charge in [-0.25, -0.2) is 4.98 Å². The highest BCUT2D eigenvalue weighted by molar-refractivity contribution is 14.1. The lowest BCUT2D eigenvalue weighted by Gasteiger charge is -2.08. The van der Waals surface area contributed by atoms with Crippen molar-refractivity contribution in [1.82, 2.24) is 0 Å². The van der Waals surface area contributed by atoms with Crippen LogP contribution >= 0.6 is 22.6 Å². The fourth-order valence-corrected chi connectivity index (χ4v) is 3.36. The lowest BCUT2D eigenvalue weighted by Crippen LogP contribution is -2.20. The van der Waals surface area contributed by atoms with Crippen molar-refractivity contribution < 1.29 is 4.98 Å². The Morgan fingerprint density at radius 3 is 2.38 bits per heavy atom. The molecule has 1 aromatic carbocycles. The maximum atomic E-state index is 9.55. The summed E-state index contributed by atoms with van der Waals surface area (Å²) in [7, 11) is 0. The van der Waals surface area contributed by atoms with E-state index in [1.165, 1.54) is 0 Å². The number of nitrogens with two attached hydrogens (primary N) is 1. The van der Waals surface area contributed by atoms with Crippen LogP contribution in [0.5, 0.6) is 0 Å². The number of allylic oxidation sites excluding steroid dienone is 3. The van der Waals surface area contributed by atoms with Gasteiger partial charge in [-0.1, -0.05) is 12.1 Å². The predicted octanol–water partition coefficient (Wildman–Crippen LogP) is 3.72. The molecule has 0 radical (unpaired) electrons. The number of hydrogen-bond donors (Lipinski definition) is 1. The molecule has 1 aromatic heterocycles. The van der Waals surface area contributed by atoms with Crippen LogP contribution in [-0.4, -0.2) is 0 Å². The van der Waals surface area contributed by atoms with E-state index in [0.717, 1.165) is 31.4 Å². The molecule has 2 aromatic rings. The second-order valence-corrected chi connectivity index (χ2v) is 6.87. The summed E-state index contributed by atoms with van der Waals surface area (Å²) < 4.78 is 1.16. The maximum absolute atomic E-state index is 9.55. The lowest BCUT2D eigenvalue weighted by atomic mass is 9.95. The van der Waals surface area contributed by atoms with Crippen molar-refractivity contribution in [3.05, 3.63) is 61.4 Å². The van der Waals surface area contributed by atoms with Crippen LogP contribution in [-0.2, 0) is 0 Å². The molecular formula is C19H14IN4+. The third-order valence-corrected chi connectivity index (χ3v) is 4.95. The molecule has 5 heteroatoms. The monoisotopic (exact) mass is 425 g/mol. The van der Waals surface area contributed by atoms with Gasteiger partial charge in [0.1, 0.15) is 23.3 Å². The number of halogens is 1. The van der Waals surface area contributed by atoms with Crippen molar-refractivity contribution in [3.8, 4) is 12.1 Å². The molecule has 0 aliphatic heterocycles. The van der Waals surface area contributed by atoms with Crippen LogP contribution in [0.1, 0.15) is 34.9 Å². The first-order chi connectivity index (χ1) is 11.5. The molecule has 24 heavy (non-hydrogen) atoms. The third kappa shape index (κ3) is 2.47. The molecule has 0 saturated heterocycles. The molecule has 0 unspecified atom stereocenters. The van der Waals surface area contributed by atoms with E-state index in [2.05, 4.69) is 39.7 Å². The van der Waals surface area contributed by atoms with Gasteiger partial charge < -0.3 is 0 Å². The summed E-state index contributed by atoms with van der Waals surface area (Å²) in [4.78, 5) is 3.04. The molecule has 1 aliphatic rings. The number of nitrogen functional groups attached to an aromatic ring is 1. The van der Waals surface area contributed by atoms with Crippen molar-refractivity contribution in [2.45, 2.75) is 13.8 Å². The number of nitrogens with one attached hydrogen (secondary N) is 1. The SMILES string of the molecule is CC1=C(C#N)c2[nH+]c(N)c(C#N)c(C)c2C1=Cc1ccc(I)cc1. The Balaban J connectivity index is 2.31. The molecule has 0 spiro atoms. The number of pyridine rings is 1. The molecule has 0 atom stereocenters. The van der Waals surface area contributed by atoms with Crippen molar-refractivity contribution in [2.75, 3.05) is 5.73 Å². The van der Waals surface area contributed by atoms with Gasteiger partial charge in [-0.2, -0.15) is 10.5 Å². The molecule has 0 amide bonds. The molecule has 1 heterocycles. The smallest absolute Gasteiger partial charge is 0.286 e. The number of hydrogen-bond acceptors (Lipinski definition) is 3. The normalized spacial score (nSPS) is 14.5. The number of rotatable bonds is 1. The Kier molecular flexibility index (Phi) is 4.13. The van der Waals surface area contributed by atoms with Crippen molar-refractivity contribution in [1.29, 1.82) is 10.5 Å². The molecule has 0 saturated carbocycles. The zero-order valence-corrected chi connectivity index (χ0v) is 15.4. The highest BCUT2D eigenvalue weighted by atomic mass is 127. The van der Waals surface area contributed by atoms with Crippen LogP contribution < -0.4 is 10.7 Å². The largest absolute Gasteiger partial charge is 0.289 e. The minimum Gasteiger partial charge on any atom is -0.286 e. The molecule has 116 valence electrons. The first kappa shape index (κ1) is 16.2. The van der Waals surface area contributed by atoms with Crippen molar-refractivity contribution in [3.63, 3.8) is 0 Å². The van der Waals surface area contributed by atoms with Crippen LogP contribution in [0.4, 0.5) is 5.82 Å². The summed E-state index contributed by atoms with van der Waals surface area (Å²) in [6, 6.07) is 12.5. The second-order valence-electron chi connectivity index (χ2n) is 5.62. The minimum atomic E-state index is 0.296. The number of fused-ring (bicyclic) bond motifs is 1. The molecule has 4 nitrogen and oxygen atoms in total. The first-order valence-electron chi connectivity index (χ1n) is 7.32. The molecule has 3 N–H and O–H groups in total. The van der Waals surface area contributed by atoms with Gasteiger partial charge in [-0.15, -0.1) is 0 Å². The zero-order valence-electron chi connectivity index (χ0n) is 13.2. The minimum absolute atomic E-state index is 0.296. The summed E-state index contributed by atoms with van der Waals surface area (Å²) in [6.07, 6.45) is 2.05. The van der Waals surface area contributed by atoms with Crippen LogP contribution in [0.3, 0.4) is 0 Å². The molecular weight excluding hydrogens is 411 g/mol. The van der Waals surface area contributed by atoms with E-state index in [-0.39, 0.29) is 0 Å². The number of anilines is 1. The molecule has 3 rings (SSSR count). The summed E-state index contributed by atoms with van der Waals surface area (Å²) in [6.45, 7) is 3.80. The van der Waals surface area contributed by atoms with Gasteiger partial charge in [0, 0.05) is 9.13 Å². The van der Waals surface area contributed by atoms with Gasteiger partial charge in [0.15, 0.2) is 5.69 Å². The highest BCUT2D eigenvalue weighted by Gasteiger charge is 2.32. The fourth-order valence-electron chi connectivity index (χ4n) is 3.00. The van der Waals surface area contributed by atoms with E-state index < -0.39 is 0 Å². The van der Waals surface area contributed by atoms with Gasteiger partial charge in [0.25, 0.3) is 5.82 Å². The Morgan fingerprint density at radius 2 is 1.79 bits per heavy atom. The zero-order chi connectivity index (χ0) is 17.4. The molecule has 0 fully saturated rings. The van der Waals surface area contributed by atoms with Gasteiger partial charge >= 0.3 is 0 Å². The van der Waals surface area contributed by atoms with Gasteiger partial charge in [0.2, 0.25) is 0 Å². The van der Waals surface area contributed by atoms with Gasteiger partial charge in [-0.3, -0.25) is 5.73 Å². The van der Waals surface area contributed by atoms with E-state index in [1.54, 1.807) is 0 Å². The highest BCUT2D eigenvalue weighted by Crippen LogP contribution is 2.42. The summed E-state index contributed by atoms with van der Waals surface area (Å²) in [5.41, 5.74) is 12.2. The predicted molar refractivity (Wildman–Crippen MR) is 102 cm³/mol. The average molecular weight is 425 g/mol. The number of aromatic nitrogens is 1. The van der Waals surface area contributed by atoms with E-state index in [4.69, 9.17) is 5.73 Å². The Morgan fingerprint density at radius 1 is 1.12 bits per heavy atom. The van der Waals surface area contributed by atoms with Crippen LogP contribution in [0.15, 0.2) is 29.8 Å². The molecule has 0 bridgehead atoms. The Bertz CT molecular complexity index is 1000. The second kappa shape index (κ2) is 6.10. The van der Waals surface area contributed by atoms with Gasteiger partial charge in [0.05, 0.1) is 0 Å². The van der Waals surface area contributed by atoms with Crippen LogP contribution in [0, 0.1) is 33.2 Å². The number of benzene rings is 1. The topological polar surface area (TPSA) is 87.7 Å². The van der Waals surface area contributed by atoms with Crippen LogP contribution in [0.2, 0.25) is 0 Å². The molecule has 1 aliphatic carbocycles.